The van der Waals surface area contributed by atoms with Crippen LogP contribution in [0.25, 0.3) is 0 Å². The number of nitrogen functional groups attached to an aromatic ring is 1. The van der Waals surface area contributed by atoms with Gasteiger partial charge in [-0.3, -0.25) is 9.71 Å². The van der Waals surface area contributed by atoms with Crippen LogP contribution in [-0.2, 0) is 10.0 Å². The van der Waals surface area contributed by atoms with E-state index in [-0.39, 0.29) is 0 Å². The van der Waals surface area contributed by atoms with Crippen LogP contribution in [0.15, 0.2) is 18.5 Å². The third-order valence-electron chi connectivity index (χ3n) is 1.15. The van der Waals surface area contributed by atoms with E-state index in [1.807, 2.05) is 0 Å². The molecule has 3 N–H and O–H groups in total. The smallest absolute Gasteiger partial charge is 0.229 e. The SMILES string of the molecule is CS(=O)(=O)Nc1ccncc1N. The standard InChI is InChI=1S/C6H9N3O2S/c1-12(10,11)9-6-2-3-8-4-5(6)7/h2-4H,7H2,1H3,(H,8,9). The number of hydrogen-bond donors (Lipinski definition) is 2. The summed E-state index contributed by atoms with van der Waals surface area (Å²) >= 11 is 0. The molecule has 0 radical (unpaired) electrons. The van der Waals surface area contributed by atoms with Crippen LogP contribution in [0.3, 0.4) is 0 Å². The lowest BCUT2D eigenvalue weighted by molar-refractivity contribution is 0.607. The van der Waals surface area contributed by atoms with E-state index in [2.05, 4.69) is 9.71 Å². The van der Waals surface area contributed by atoms with Crippen LogP contribution in [0, 0.1) is 0 Å². The molecule has 12 heavy (non-hydrogen) atoms. The fraction of sp³-hybridized carbons (Fsp3) is 0.167. The molecule has 0 bridgehead atoms. The summed E-state index contributed by atoms with van der Waals surface area (Å²) in [7, 11) is -3.26. The summed E-state index contributed by atoms with van der Waals surface area (Å²) < 4.78 is 23.8. The Labute approximate surface area is 70.7 Å². The Hall–Kier alpha value is -1.30. The van der Waals surface area contributed by atoms with Crippen LogP contribution in [0.5, 0.6) is 0 Å². The highest BCUT2D eigenvalue weighted by Crippen LogP contribution is 2.15. The highest BCUT2D eigenvalue weighted by Gasteiger charge is 2.03. The lowest BCUT2D eigenvalue weighted by Gasteiger charge is -2.04. The summed E-state index contributed by atoms with van der Waals surface area (Å²) in [4.78, 5) is 3.72. The number of anilines is 2. The molecule has 1 aromatic rings. The van der Waals surface area contributed by atoms with Gasteiger partial charge in [0.15, 0.2) is 0 Å². The van der Waals surface area contributed by atoms with Crippen molar-refractivity contribution in [2.75, 3.05) is 16.7 Å². The number of nitrogens with one attached hydrogen (secondary N) is 1. The molecule has 0 saturated carbocycles. The Balaban J connectivity index is 2.98. The van der Waals surface area contributed by atoms with Crippen molar-refractivity contribution >= 4 is 21.4 Å². The molecule has 0 spiro atoms. The van der Waals surface area contributed by atoms with Gasteiger partial charge >= 0.3 is 0 Å². The molecular weight excluding hydrogens is 178 g/mol. The first-order valence-corrected chi connectivity index (χ1v) is 5.05. The van der Waals surface area contributed by atoms with Crippen molar-refractivity contribution in [3.05, 3.63) is 18.5 Å². The molecule has 1 aromatic heterocycles. The highest BCUT2D eigenvalue weighted by atomic mass is 32.2. The number of sulfonamides is 1. The summed E-state index contributed by atoms with van der Waals surface area (Å²) in [6.45, 7) is 0. The summed E-state index contributed by atoms with van der Waals surface area (Å²) in [5, 5.41) is 0. The first-order chi connectivity index (χ1) is 5.49. The van der Waals surface area contributed by atoms with Crippen molar-refractivity contribution in [2.24, 2.45) is 0 Å². The minimum absolute atomic E-state index is 0.308. The molecule has 5 nitrogen and oxygen atoms in total. The fourth-order valence-electron chi connectivity index (χ4n) is 0.699. The summed E-state index contributed by atoms with van der Waals surface area (Å²) in [6.07, 6.45) is 3.91. The van der Waals surface area contributed by atoms with E-state index in [0.717, 1.165) is 6.26 Å². The van der Waals surface area contributed by atoms with Crippen LogP contribution in [0.4, 0.5) is 11.4 Å². The maximum Gasteiger partial charge on any atom is 0.229 e. The zero-order valence-corrected chi connectivity index (χ0v) is 7.30. The largest absolute Gasteiger partial charge is 0.396 e. The molecule has 66 valence electrons. The second-order valence-electron chi connectivity index (χ2n) is 2.34. The van der Waals surface area contributed by atoms with Gasteiger partial charge < -0.3 is 5.73 Å². The molecule has 0 aromatic carbocycles. The molecule has 6 heteroatoms. The zero-order chi connectivity index (χ0) is 9.19. The van der Waals surface area contributed by atoms with Gasteiger partial charge in [0.25, 0.3) is 0 Å². The van der Waals surface area contributed by atoms with E-state index in [9.17, 15) is 8.42 Å². The van der Waals surface area contributed by atoms with E-state index in [0.29, 0.717) is 11.4 Å². The predicted octanol–water partition coefficient (Wildman–Crippen LogP) is 0.0353. The van der Waals surface area contributed by atoms with Gasteiger partial charge in [0.2, 0.25) is 10.0 Å². The Bertz CT molecular complexity index is 374. The van der Waals surface area contributed by atoms with Crippen molar-refractivity contribution in [3.8, 4) is 0 Å². The van der Waals surface area contributed by atoms with Gasteiger partial charge in [0, 0.05) is 6.20 Å². The van der Waals surface area contributed by atoms with Crippen LogP contribution in [-0.4, -0.2) is 19.7 Å². The molecule has 0 aliphatic heterocycles. The number of pyridine rings is 1. The average Bonchev–Trinajstić information content (AvgIpc) is 1.91. The molecular formula is C6H9N3O2S. The third kappa shape index (κ3) is 2.39. The van der Waals surface area contributed by atoms with Gasteiger partial charge in [-0.2, -0.15) is 0 Å². The van der Waals surface area contributed by atoms with Crippen molar-refractivity contribution in [1.82, 2.24) is 4.98 Å². The minimum Gasteiger partial charge on any atom is -0.396 e. The van der Waals surface area contributed by atoms with E-state index in [1.54, 1.807) is 0 Å². The van der Waals surface area contributed by atoms with Crippen LogP contribution < -0.4 is 10.5 Å². The molecule has 0 aliphatic carbocycles. The number of nitrogens with two attached hydrogens (primary N) is 1. The van der Waals surface area contributed by atoms with Gasteiger partial charge in [-0.15, -0.1) is 0 Å². The van der Waals surface area contributed by atoms with E-state index < -0.39 is 10.0 Å². The number of rotatable bonds is 2. The summed E-state index contributed by atoms with van der Waals surface area (Å²) in [6, 6.07) is 1.50. The van der Waals surface area contributed by atoms with Gasteiger partial charge in [-0.25, -0.2) is 8.42 Å². The molecule has 1 heterocycles. The Morgan fingerprint density at radius 1 is 1.58 bits per heavy atom. The second kappa shape index (κ2) is 2.98. The highest BCUT2D eigenvalue weighted by molar-refractivity contribution is 7.92. The first kappa shape index (κ1) is 8.79. The van der Waals surface area contributed by atoms with E-state index in [1.165, 1.54) is 18.5 Å². The lowest BCUT2D eigenvalue weighted by Crippen LogP contribution is -2.11. The van der Waals surface area contributed by atoms with E-state index in [4.69, 9.17) is 5.73 Å². The summed E-state index contributed by atoms with van der Waals surface area (Å²) in [5.41, 5.74) is 6.10. The third-order valence-corrected chi connectivity index (χ3v) is 1.74. The van der Waals surface area contributed by atoms with Gasteiger partial charge in [0.1, 0.15) is 0 Å². The van der Waals surface area contributed by atoms with Crippen LogP contribution in [0.2, 0.25) is 0 Å². The van der Waals surface area contributed by atoms with Gasteiger partial charge in [0.05, 0.1) is 23.8 Å². The average molecular weight is 187 g/mol. The van der Waals surface area contributed by atoms with Crippen LogP contribution >= 0.6 is 0 Å². The monoisotopic (exact) mass is 187 g/mol. The van der Waals surface area contributed by atoms with Crippen molar-refractivity contribution in [1.29, 1.82) is 0 Å². The van der Waals surface area contributed by atoms with Crippen molar-refractivity contribution < 1.29 is 8.42 Å². The Morgan fingerprint density at radius 3 is 2.75 bits per heavy atom. The summed E-state index contributed by atoms with van der Waals surface area (Å²) in [5.74, 6) is 0. The van der Waals surface area contributed by atoms with Crippen LogP contribution in [0.1, 0.15) is 0 Å². The van der Waals surface area contributed by atoms with Gasteiger partial charge in [-0.1, -0.05) is 0 Å². The molecule has 0 amide bonds. The second-order valence-corrected chi connectivity index (χ2v) is 4.09. The number of nitrogens with zero attached hydrogens (tertiary/aromatic N) is 1. The predicted molar refractivity (Wildman–Crippen MR) is 47.1 cm³/mol. The van der Waals surface area contributed by atoms with Crippen molar-refractivity contribution in [3.63, 3.8) is 0 Å². The van der Waals surface area contributed by atoms with E-state index >= 15 is 0 Å². The van der Waals surface area contributed by atoms with Crippen molar-refractivity contribution in [2.45, 2.75) is 0 Å². The van der Waals surface area contributed by atoms with Gasteiger partial charge in [-0.05, 0) is 6.07 Å². The number of hydrogen-bond acceptors (Lipinski definition) is 4. The molecule has 0 unspecified atom stereocenters. The normalized spacial score (nSPS) is 11.1. The maximum atomic E-state index is 10.8. The molecule has 1 rings (SSSR count). The quantitative estimate of drug-likeness (QED) is 0.684. The molecule has 0 aliphatic rings. The zero-order valence-electron chi connectivity index (χ0n) is 6.48. The maximum absolute atomic E-state index is 10.8. The Morgan fingerprint density at radius 2 is 2.25 bits per heavy atom. The topological polar surface area (TPSA) is 85.1 Å². The molecule has 0 saturated heterocycles. The number of aromatic nitrogens is 1. The molecule has 0 fully saturated rings. The Kier molecular flexibility index (Phi) is 2.18. The molecule has 0 atom stereocenters. The minimum atomic E-state index is -3.26. The first-order valence-electron chi connectivity index (χ1n) is 3.16. The fourth-order valence-corrected chi connectivity index (χ4v) is 1.28. The lowest BCUT2D eigenvalue weighted by atomic mass is 10.4.